The van der Waals surface area contributed by atoms with E-state index in [0.717, 1.165) is 34.8 Å². The van der Waals surface area contributed by atoms with Gasteiger partial charge in [-0.15, -0.1) is 0 Å². The molecule has 0 spiro atoms. The van der Waals surface area contributed by atoms with Crippen molar-refractivity contribution in [2.45, 2.75) is 25.5 Å². The lowest BCUT2D eigenvalue weighted by Crippen LogP contribution is -2.23. The molecule has 2 aromatic carbocycles. The van der Waals surface area contributed by atoms with Crippen LogP contribution in [0.3, 0.4) is 0 Å². The Kier molecular flexibility index (Phi) is 6.19. The molecule has 0 bridgehead atoms. The van der Waals surface area contributed by atoms with Crippen LogP contribution in [-0.4, -0.2) is 33.3 Å². The monoisotopic (exact) mass is 426 g/mol. The van der Waals surface area contributed by atoms with E-state index in [1.54, 1.807) is 18.2 Å². The van der Waals surface area contributed by atoms with Gasteiger partial charge in [0.15, 0.2) is 0 Å². The number of aliphatic hydroxyl groups is 1. The van der Waals surface area contributed by atoms with Crippen molar-refractivity contribution in [1.82, 2.24) is 9.55 Å². The number of allylic oxidation sites excluding steroid dienone is 2. The molecule has 0 aliphatic heterocycles. The molecule has 1 heterocycles. The minimum Gasteiger partial charge on any atom is -0.465 e. The second kappa shape index (κ2) is 9.20. The second-order valence-corrected chi connectivity index (χ2v) is 7.73. The van der Waals surface area contributed by atoms with Crippen molar-refractivity contribution in [1.29, 1.82) is 0 Å². The van der Waals surface area contributed by atoms with Gasteiger partial charge in [-0.1, -0.05) is 54.6 Å². The maximum absolute atomic E-state index is 11.6. The van der Waals surface area contributed by atoms with Crippen LogP contribution in [0.25, 0.3) is 22.9 Å². The highest BCUT2D eigenvalue weighted by Crippen LogP contribution is 2.28. The third-order valence-corrected chi connectivity index (χ3v) is 5.58. The number of hydrogen-bond acceptors (Lipinski definition) is 4. The maximum Gasteiger partial charge on any atom is 0.337 e. The molecular formula is C27H26N2O3. The van der Waals surface area contributed by atoms with Gasteiger partial charge in [-0.05, 0) is 48.4 Å². The number of imidazole rings is 1. The van der Waals surface area contributed by atoms with Crippen LogP contribution in [0.4, 0.5) is 0 Å². The van der Waals surface area contributed by atoms with Crippen LogP contribution in [0.1, 0.15) is 35.1 Å². The molecule has 1 aliphatic carbocycles. The standard InChI is InChI=1S/C27H26N2O3/c1-3-29-19-24(22-9-11-23(12-10-22)26(30)32-2)28-25(29)15-18-27(31)16-13-21(14-17-27)20-7-5-4-6-8-20/h4-16,18-19,31H,3,17H2,1-2H3. The summed E-state index contributed by atoms with van der Waals surface area (Å²) in [6.45, 7) is 2.80. The summed E-state index contributed by atoms with van der Waals surface area (Å²) in [5, 5.41) is 11.0. The average molecular weight is 427 g/mol. The predicted molar refractivity (Wildman–Crippen MR) is 127 cm³/mol. The Hall–Kier alpha value is -3.70. The Bertz CT molecular complexity index is 1190. The minimum absolute atomic E-state index is 0.363. The molecule has 1 aromatic heterocycles. The van der Waals surface area contributed by atoms with E-state index in [4.69, 9.17) is 9.72 Å². The van der Waals surface area contributed by atoms with Crippen molar-refractivity contribution in [2.75, 3.05) is 7.11 Å². The number of hydrogen-bond donors (Lipinski definition) is 1. The van der Waals surface area contributed by atoms with Crippen molar-refractivity contribution in [3.8, 4) is 11.3 Å². The first-order valence-corrected chi connectivity index (χ1v) is 10.6. The fourth-order valence-corrected chi connectivity index (χ4v) is 3.68. The van der Waals surface area contributed by atoms with E-state index in [1.165, 1.54) is 7.11 Å². The van der Waals surface area contributed by atoms with Gasteiger partial charge < -0.3 is 14.4 Å². The molecule has 1 N–H and O–H groups in total. The summed E-state index contributed by atoms with van der Waals surface area (Å²) in [6.07, 6.45) is 12.0. The Labute approximate surface area is 188 Å². The number of aryl methyl sites for hydroxylation is 1. The van der Waals surface area contributed by atoms with Crippen molar-refractivity contribution in [2.24, 2.45) is 0 Å². The Morgan fingerprint density at radius 1 is 1.16 bits per heavy atom. The van der Waals surface area contributed by atoms with Crippen LogP contribution in [0.15, 0.2) is 85.1 Å². The molecule has 162 valence electrons. The summed E-state index contributed by atoms with van der Waals surface area (Å²) >= 11 is 0. The van der Waals surface area contributed by atoms with Crippen LogP contribution in [-0.2, 0) is 11.3 Å². The SMILES string of the molecule is CCn1cc(-c2ccc(C(=O)OC)cc2)nc1C=CC1(O)C=CC(c2ccccc2)=CC1. The van der Waals surface area contributed by atoms with Gasteiger partial charge in [0.25, 0.3) is 0 Å². The first kappa shape index (κ1) is 21.5. The van der Waals surface area contributed by atoms with Crippen molar-refractivity contribution in [3.05, 3.63) is 102 Å². The molecule has 1 atom stereocenters. The van der Waals surface area contributed by atoms with E-state index in [2.05, 4.69) is 18.2 Å². The van der Waals surface area contributed by atoms with Crippen molar-refractivity contribution in [3.63, 3.8) is 0 Å². The van der Waals surface area contributed by atoms with Gasteiger partial charge >= 0.3 is 5.97 Å². The van der Waals surface area contributed by atoms with Crippen LogP contribution in [0, 0.1) is 0 Å². The normalized spacial score (nSPS) is 18.0. The lowest BCUT2D eigenvalue weighted by atomic mass is 9.89. The molecule has 0 saturated carbocycles. The van der Waals surface area contributed by atoms with E-state index in [1.807, 2.05) is 66.2 Å². The first-order valence-electron chi connectivity index (χ1n) is 10.6. The largest absolute Gasteiger partial charge is 0.465 e. The van der Waals surface area contributed by atoms with E-state index >= 15 is 0 Å². The fraction of sp³-hybridized carbons (Fsp3) is 0.185. The summed E-state index contributed by atoms with van der Waals surface area (Å²) < 4.78 is 6.78. The Morgan fingerprint density at radius 2 is 1.91 bits per heavy atom. The number of nitrogens with zero attached hydrogens (tertiary/aromatic N) is 2. The average Bonchev–Trinajstić information content (AvgIpc) is 3.27. The minimum atomic E-state index is -1.05. The quantitative estimate of drug-likeness (QED) is 0.554. The van der Waals surface area contributed by atoms with Crippen molar-refractivity contribution < 1.29 is 14.6 Å². The molecule has 3 aromatic rings. The van der Waals surface area contributed by atoms with Gasteiger partial charge in [0, 0.05) is 24.7 Å². The summed E-state index contributed by atoms with van der Waals surface area (Å²) in [4.78, 5) is 16.4. The molecular weight excluding hydrogens is 400 g/mol. The fourth-order valence-electron chi connectivity index (χ4n) is 3.68. The molecule has 0 amide bonds. The van der Waals surface area contributed by atoms with Crippen LogP contribution in [0.2, 0.25) is 0 Å². The summed E-state index contributed by atoms with van der Waals surface area (Å²) in [7, 11) is 1.37. The lowest BCUT2D eigenvalue weighted by molar-refractivity contribution is 0.0600. The zero-order chi connectivity index (χ0) is 22.6. The van der Waals surface area contributed by atoms with Gasteiger partial charge in [-0.3, -0.25) is 0 Å². The predicted octanol–water partition coefficient (Wildman–Crippen LogP) is 5.14. The first-order chi connectivity index (χ1) is 15.5. The van der Waals surface area contributed by atoms with Gasteiger partial charge in [0.1, 0.15) is 11.4 Å². The van der Waals surface area contributed by atoms with Crippen LogP contribution >= 0.6 is 0 Å². The number of methoxy groups -OCH3 is 1. The summed E-state index contributed by atoms with van der Waals surface area (Å²) in [6, 6.07) is 17.3. The molecule has 1 unspecified atom stereocenters. The number of esters is 1. The van der Waals surface area contributed by atoms with E-state index in [-0.39, 0.29) is 5.97 Å². The van der Waals surface area contributed by atoms with Gasteiger partial charge in [0.2, 0.25) is 0 Å². The lowest BCUT2D eigenvalue weighted by Gasteiger charge is -2.23. The molecule has 4 rings (SSSR count). The highest BCUT2D eigenvalue weighted by Gasteiger charge is 2.22. The second-order valence-electron chi connectivity index (χ2n) is 7.73. The Balaban J connectivity index is 1.52. The van der Waals surface area contributed by atoms with Crippen molar-refractivity contribution >= 4 is 17.6 Å². The zero-order valence-electron chi connectivity index (χ0n) is 18.2. The summed E-state index contributed by atoms with van der Waals surface area (Å²) in [5.41, 5.74) is 3.41. The van der Waals surface area contributed by atoms with Gasteiger partial charge in [-0.25, -0.2) is 9.78 Å². The Morgan fingerprint density at radius 3 is 2.53 bits per heavy atom. The highest BCUT2D eigenvalue weighted by molar-refractivity contribution is 5.89. The zero-order valence-corrected chi connectivity index (χ0v) is 18.2. The third-order valence-electron chi connectivity index (χ3n) is 5.58. The molecule has 32 heavy (non-hydrogen) atoms. The van der Waals surface area contributed by atoms with Gasteiger partial charge in [-0.2, -0.15) is 0 Å². The molecule has 0 saturated heterocycles. The molecule has 5 heteroatoms. The van der Waals surface area contributed by atoms with Crippen LogP contribution < -0.4 is 0 Å². The van der Waals surface area contributed by atoms with Gasteiger partial charge in [0.05, 0.1) is 18.4 Å². The number of rotatable bonds is 6. The molecule has 1 aliphatic rings. The maximum atomic E-state index is 11.6. The molecule has 0 fully saturated rings. The smallest absolute Gasteiger partial charge is 0.337 e. The number of benzene rings is 2. The highest BCUT2D eigenvalue weighted by atomic mass is 16.5. The number of carbonyl (C=O) groups excluding carboxylic acids is 1. The van der Waals surface area contributed by atoms with E-state index in [9.17, 15) is 9.90 Å². The topological polar surface area (TPSA) is 64.4 Å². The number of carbonyl (C=O) groups is 1. The van der Waals surface area contributed by atoms with Crippen LogP contribution in [0.5, 0.6) is 0 Å². The number of ether oxygens (including phenoxy) is 1. The molecule has 0 radical (unpaired) electrons. The van der Waals surface area contributed by atoms with E-state index < -0.39 is 5.60 Å². The van der Waals surface area contributed by atoms with E-state index in [0.29, 0.717) is 12.0 Å². The number of aromatic nitrogens is 2. The molecule has 5 nitrogen and oxygen atoms in total. The third kappa shape index (κ3) is 4.63. The summed E-state index contributed by atoms with van der Waals surface area (Å²) in [5.74, 6) is 0.400.